The molecular formula is C26H18Cl2FN7O2. The summed E-state index contributed by atoms with van der Waals surface area (Å²) in [4.78, 5) is 30.3. The number of aromatic nitrogens is 5. The zero-order chi connectivity index (χ0) is 26.8. The van der Waals surface area contributed by atoms with Crippen LogP contribution < -0.4 is 10.6 Å². The number of amides is 2. The number of aryl methyl sites for hydroxylation is 1. The van der Waals surface area contributed by atoms with Gasteiger partial charge in [0.05, 0.1) is 38.9 Å². The molecule has 0 aliphatic heterocycles. The Labute approximate surface area is 225 Å². The highest BCUT2D eigenvalue weighted by atomic mass is 35.5. The van der Waals surface area contributed by atoms with Gasteiger partial charge in [-0.3, -0.25) is 19.7 Å². The van der Waals surface area contributed by atoms with E-state index in [0.717, 1.165) is 0 Å². The van der Waals surface area contributed by atoms with E-state index in [1.54, 1.807) is 31.2 Å². The molecule has 3 N–H and O–H groups in total. The summed E-state index contributed by atoms with van der Waals surface area (Å²) >= 11 is 12.6. The maximum Gasteiger partial charge on any atom is 0.276 e. The molecule has 0 radical (unpaired) electrons. The number of para-hydroxylation sites is 1. The summed E-state index contributed by atoms with van der Waals surface area (Å²) in [5, 5.41) is 16.7. The van der Waals surface area contributed by atoms with Crippen LogP contribution in [0.1, 0.15) is 26.5 Å². The molecule has 2 aromatic carbocycles. The number of H-pyrrole nitrogens is 1. The van der Waals surface area contributed by atoms with Gasteiger partial charge >= 0.3 is 0 Å². The van der Waals surface area contributed by atoms with E-state index in [-0.39, 0.29) is 38.4 Å². The summed E-state index contributed by atoms with van der Waals surface area (Å²) in [6.07, 6.45) is 2.90. The second kappa shape index (κ2) is 10.4. The number of carbonyl (C=O) groups excluding carboxylic acids is 2. The quantitative estimate of drug-likeness (QED) is 0.243. The van der Waals surface area contributed by atoms with Gasteiger partial charge in [0.2, 0.25) is 0 Å². The summed E-state index contributed by atoms with van der Waals surface area (Å²) in [6, 6.07) is 15.8. The second-order valence-electron chi connectivity index (χ2n) is 8.12. The Morgan fingerprint density at radius 3 is 2.47 bits per heavy atom. The van der Waals surface area contributed by atoms with Crippen LogP contribution in [0.2, 0.25) is 10.0 Å². The lowest BCUT2D eigenvalue weighted by atomic mass is 10.1. The van der Waals surface area contributed by atoms with E-state index in [2.05, 4.69) is 30.9 Å². The number of pyridine rings is 1. The maximum absolute atomic E-state index is 14.4. The third-order valence-electron chi connectivity index (χ3n) is 5.58. The summed E-state index contributed by atoms with van der Waals surface area (Å²) in [7, 11) is 0. The van der Waals surface area contributed by atoms with Crippen molar-refractivity contribution in [1.29, 1.82) is 0 Å². The van der Waals surface area contributed by atoms with Gasteiger partial charge in [-0.25, -0.2) is 9.07 Å². The molecule has 0 spiro atoms. The number of halogens is 3. The standard InChI is InChI=1S/C26H18Cl2FN7O2/c1-14-22(13-31-34-14)32-26(38)21-12-23(36(35-21)15-6-3-2-4-7-15)33-25(37)17-10-16(18(27)11-19(17)28)24-20(29)8-5-9-30-24/h2-13H,1H3,(H,31,34)(H,32,38)(H,33,37). The minimum Gasteiger partial charge on any atom is -0.318 e. The number of aromatic amines is 1. The van der Waals surface area contributed by atoms with Gasteiger partial charge in [-0.1, -0.05) is 41.4 Å². The lowest BCUT2D eigenvalue weighted by molar-refractivity contribution is 0.101. The summed E-state index contributed by atoms with van der Waals surface area (Å²) in [5.41, 5.74) is 2.02. The van der Waals surface area contributed by atoms with Crippen molar-refractivity contribution in [2.45, 2.75) is 6.92 Å². The molecule has 0 fully saturated rings. The highest BCUT2D eigenvalue weighted by Gasteiger charge is 2.22. The van der Waals surface area contributed by atoms with Gasteiger partial charge in [0, 0.05) is 17.8 Å². The Balaban J connectivity index is 1.51. The molecule has 3 aromatic heterocycles. The predicted octanol–water partition coefficient (Wildman–Crippen LogP) is 5.92. The lowest BCUT2D eigenvalue weighted by Gasteiger charge is -2.12. The fourth-order valence-electron chi connectivity index (χ4n) is 3.68. The van der Waals surface area contributed by atoms with Crippen molar-refractivity contribution in [3.63, 3.8) is 0 Å². The first kappa shape index (κ1) is 25.1. The Hall–Kier alpha value is -4.54. The molecule has 0 saturated heterocycles. The molecule has 3 heterocycles. The van der Waals surface area contributed by atoms with Gasteiger partial charge in [-0.05, 0) is 43.3 Å². The Kier molecular flexibility index (Phi) is 6.91. The van der Waals surface area contributed by atoms with Gasteiger partial charge in [0.1, 0.15) is 17.3 Å². The zero-order valence-corrected chi connectivity index (χ0v) is 21.2. The number of rotatable bonds is 6. The van der Waals surface area contributed by atoms with E-state index in [9.17, 15) is 14.0 Å². The van der Waals surface area contributed by atoms with Gasteiger partial charge in [-0.15, -0.1) is 0 Å². The molecule has 38 heavy (non-hydrogen) atoms. The van der Waals surface area contributed by atoms with E-state index in [1.807, 2.05) is 6.07 Å². The van der Waals surface area contributed by atoms with Crippen LogP contribution in [0.15, 0.2) is 73.1 Å². The van der Waals surface area contributed by atoms with Gasteiger partial charge < -0.3 is 10.6 Å². The summed E-state index contributed by atoms with van der Waals surface area (Å²) < 4.78 is 15.8. The highest BCUT2D eigenvalue weighted by Crippen LogP contribution is 2.33. The Bertz CT molecular complexity index is 1670. The summed E-state index contributed by atoms with van der Waals surface area (Å²) in [5.74, 6) is -1.53. The molecule has 0 atom stereocenters. The van der Waals surface area contributed by atoms with Crippen molar-refractivity contribution in [3.05, 3.63) is 106 Å². The van der Waals surface area contributed by atoms with Crippen molar-refractivity contribution in [2.24, 2.45) is 0 Å². The third-order valence-corrected chi connectivity index (χ3v) is 6.20. The predicted molar refractivity (Wildman–Crippen MR) is 142 cm³/mol. The average molecular weight is 550 g/mol. The number of nitrogens with zero attached hydrogens (tertiary/aromatic N) is 4. The fourth-order valence-corrected chi connectivity index (χ4v) is 4.24. The fraction of sp³-hybridized carbons (Fsp3) is 0.0385. The minimum absolute atomic E-state index is 0.0222. The second-order valence-corrected chi connectivity index (χ2v) is 8.94. The molecule has 0 saturated carbocycles. The molecule has 0 aliphatic rings. The van der Waals surface area contributed by atoms with Gasteiger partial charge in [0.15, 0.2) is 5.69 Å². The highest BCUT2D eigenvalue weighted by molar-refractivity contribution is 6.38. The van der Waals surface area contributed by atoms with Crippen LogP contribution in [0.4, 0.5) is 15.9 Å². The van der Waals surface area contributed by atoms with E-state index in [4.69, 9.17) is 23.2 Å². The largest absolute Gasteiger partial charge is 0.318 e. The van der Waals surface area contributed by atoms with Crippen LogP contribution in [0.5, 0.6) is 0 Å². The molecule has 0 bridgehead atoms. The van der Waals surface area contributed by atoms with Crippen molar-refractivity contribution in [2.75, 3.05) is 10.6 Å². The smallest absolute Gasteiger partial charge is 0.276 e. The number of hydrogen-bond acceptors (Lipinski definition) is 5. The molecular weight excluding hydrogens is 532 g/mol. The maximum atomic E-state index is 14.4. The van der Waals surface area contributed by atoms with E-state index >= 15 is 0 Å². The Morgan fingerprint density at radius 2 is 1.76 bits per heavy atom. The number of nitrogens with one attached hydrogen (secondary N) is 3. The Morgan fingerprint density at radius 1 is 0.974 bits per heavy atom. The molecule has 5 rings (SSSR count). The number of carbonyl (C=O) groups is 2. The van der Waals surface area contributed by atoms with Crippen LogP contribution in [0.25, 0.3) is 16.9 Å². The minimum atomic E-state index is -0.626. The van der Waals surface area contributed by atoms with Crippen molar-refractivity contribution in [3.8, 4) is 16.9 Å². The number of anilines is 2. The van der Waals surface area contributed by atoms with Gasteiger partial charge in [0.25, 0.3) is 11.8 Å². The van der Waals surface area contributed by atoms with Crippen LogP contribution in [-0.4, -0.2) is 36.8 Å². The first-order valence-electron chi connectivity index (χ1n) is 11.2. The first-order chi connectivity index (χ1) is 18.3. The van der Waals surface area contributed by atoms with Crippen molar-refractivity contribution < 1.29 is 14.0 Å². The van der Waals surface area contributed by atoms with Crippen LogP contribution in [-0.2, 0) is 0 Å². The SMILES string of the molecule is Cc1[nH]ncc1NC(=O)c1cc(NC(=O)c2cc(-c3ncccc3F)c(Cl)cc2Cl)n(-c2ccccc2)n1. The van der Waals surface area contributed by atoms with E-state index in [0.29, 0.717) is 17.1 Å². The van der Waals surface area contributed by atoms with Crippen molar-refractivity contribution in [1.82, 2.24) is 25.0 Å². The number of benzene rings is 2. The van der Waals surface area contributed by atoms with E-state index in [1.165, 1.54) is 47.4 Å². The molecule has 0 unspecified atom stereocenters. The molecule has 9 nitrogen and oxygen atoms in total. The third kappa shape index (κ3) is 4.99. The molecule has 190 valence electrons. The molecule has 12 heteroatoms. The lowest BCUT2D eigenvalue weighted by Crippen LogP contribution is -2.16. The topological polar surface area (TPSA) is 118 Å². The number of hydrogen-bond donors (Lipinski definition) is 3. The monoisotopic (exact) mass is 549 g/mol. The molecule has 5 aromatic rings. The normalized spacial score (nSPS) is 10.8. The first-order valence-corrected chi connectivity index (χ1v) is 12.0. The summed E-state index contributed by atoms with van der Waals surface area (Å²) in [6.45, 7) is 1.76. The van der Waals surface area contributed by atoms with Gasteiger partial charge in [-0.2, -0.15) is 10.2 Å². The average Bonchev–Trinajstić information content (AvgIpc) is 3.51. The molecule has 2 amide bonds. The van der Waals surface area contributed by atoms with Crippen LogP contribution >= 0.6 is 23.2 Å². The van der Waals surface area contributed by atoms with Crippen molar-refractivity contribution >= 4 is 46.5 Å². The van der Waals surface area contributed by atoms with Crippen LogP contribution in [0, 0.1) is 12.7 Å². The molecule has 0 aliphatic carbocycles. The van der Waals surface area contributed by atoms with Crippen LogP contribution in [0.3, 0.4) is 0 Å². The zero-order valence-electron chi connectivity index (χ0n) is 19.7. The van der Waals surface area contributed by atoms with E-state index < -0.39 is 17.6 Å².